The highest BCUT2D eigenvalue weighted by Crippen LogP contribution is 2.50. The van der Waals surface area contributed by atoms with Crippen molar-refractivity contribution >= 4 is 21.9 Å². The predicted octanol–water partition coefficient (Wildman–Crippen LogP) is 2.89. The van der Waals surface area contributed by atoms with Crippen LogP contribution in [0.5, 0.6) is 0 Å². The Labute approximate surface area is 213 Å². The number of carbonyl (C=O) groups is 1. The Hall–Kier alpha value is -2.72. The highest BCUT2D eigenvalue weighted by molar-refractivity contribution is 7.90. The van der Waals surface area contributed by atoms with Crippen LogP contribution in [-0.2, 0) is 21.1 Å². The van der Waals surface area contributed by atoms with E-state index < -0.39 is 9.84 Å². The molecule has 0 N–H and O–H groups in total. The van der Waals surface area contributed by atoms with Crippen LogP contribution in [-0.4, -0.2) is 84.9 Å². The minimum atomic E-state index is -3.37. The van der Waals surface area contributed by atoms with E-state index in [4.69, 9.17) is 4.74 Å². The van der Waals surface area contributed by atoms with E-state index in [0.717, 1.165) is 38.7 Å². The molecule has 10 heteroatoms. The van der Waals surface area contributed by atoms with E-state index in [0.29, 0.717) is 30.1 Å². The zero-order chi connectivity index (χ0) is 25.7. The van der Waals surface area contributed by atoms with Crippen molar-refractivity contribution in [2.24, 2.45) is 5.41 Å². The first-order chi connectivity index (χ1) is 17.0. The van der Waals surface area contributed by atoms with Gasteiger partial charge in [-0.3, -0.25) is 4.90 Å². The van der Waals surface area contributed by atoms with Crippen molar-refractivity contribution in [2.45, 2.75) is 63.2 Å². The van der Waals surface area contributed by atoms with Gasteiger partial charge in [0.1, 0.15) is 11.0 Å². The summed E-state index contributed by atoms with van der Waals surface area (Å²) >= 11 is 0. The molecular formula is C26H35N5O4S. The highest BCUT2D eigenvalue weighted by Gasteiger charge is 2.54. The molecule has 1 aromatic carbocycles. The molecule has 0 unspecified atom stereocenters. The Bertz CT molecular complexity index is 1220. The van der Waals surface area contributed by atoms with Crippen LogP contribution < -0.4 is 4.90 Å². The number of nitrogens with zero attached hydrogens (tertiary/aromatic N) is 5. The van der Waals surface area contributed by atoms with Crippen molar-refractivity contribution < 1.29 is 17.9 Å². The molecule has 1 saturated carbocycles. The molecule has 1 aromatic heterocycles. The summed E-state index contributed by atoms with van der Waals surface area (Å²) in [5, 5.41) is 0. The van der Waals surface area contributed by atoms with Gasteiger partial charge in [0.2, 0.25) is 5.95 Å². The summed E-state index contributed by atoms with van der Waals surface area (Å²) in [6, 6.07) is 10.4. The van der Waals surface area contributed by atoms with Gasteiger partial charge >= 0.3 is 6.09 Å². The highest BCUT2D eigenvalue weighted by atomic mass is 32.2. The van der Waals surface area contributed by atoms with Crippen LogP contribution in [0.4, 0.5) is 10.7 Å². The first kappa shape index (κ1) is 25.0. The third kappa shape index (κ3) is 4.93. The number of benzene rings is 1. The lowest BCUT2D eigenvalue weighted by Crippen LogP contribution is -2.64. The maximum atomic E-state index is 13.0. The second-order valence-corrected chi connectivity index (χ2v) is 12.9. The Morgan fingerprint density at radius 1 is 1.11 bits per heavy atom. The second kappa shape index (κ2) is 9.30. The van der Waals surface area contributed by atoms with Gasteiger partial charge in [-0.15, -0.1) is 0 Å². The number of aryl methyl sites for hydroxylation is 1. The summed E-state index contributed by atoms with van der Waals surface area (Å²) < 4.78 is 29.7. The summed E-state index contributed by atoms with van der Waals surface area (Å²) in [4.78, 5) is 28.2. The van der Waals surface area contributed by atoms with Gasteiger partial charge in [-0.2, -0.15) is 0 Å². The molecule has 3 aliphatic rings. The van der Waals surface area contributed by atoms with Crippen LogP contribution >= 0.6 is 0 Å². The molecule has 2 saturated heterocycles. The Kier molecular flexibility index (Phi) is 6.45. The first-order valence-corrected chi connectivity index (χ1v) is 14.5. The van der Waals surface area contributed by atoms with Crippen molar-refractivity contribution in [2.75, 3.05) is 37.3 Å². The fourth-order valence-corrected chi connectivity index (χ4v) is 6.75. The maximum absolute atomic E-state index is 13.0. The number of rotatable bonds is 5. The van der Waals surface area contributed by atoms with E-state index in [-0.39, 0.29) is 29.2 Å². The van der Waals surface area contributed by atoms with Crippen LogP contribution in [0.3, 0.4) is 0 Å². The van der Waals surface area contributed by atoms with Gasteiger partial charge < -0.3 is 14.5 Å². The predicted molar refractivity (Wildman–Crippen MR) is 137 cm³/mol. The smallest absolute Gasteiger partial charge is 0.410 e. The van der Waals surface area contributed by atoms with Gasteiger partial charge in [0.15, 0.2) is 9.84 Å². The zero-order valence-corrected chi connectivity index (χ0v) is 22.2. The molecule has 1 spiro atoms. The monoisotopic (exact) mass is 513 g/mol. The average Bonchev–Trinajstić information content (AvgIpc) is 2.77. The number of carbonyl (C=O) groups excluding carboxylic acids is 1. The largest absolute Gasteiger partial charge is 0.446 e. The molecule has 3 heterocycles. The lowest BCUT2D eigenvalue weighted by molar-refractivity contribution is -0.137. The Balaban J connectivity index is 1.11. The molecule has 1 aliphatic carbocycles. The van der Waals surface area contributed by atoms with Gasteiger partial charge in [0, 0.05) is 56.5 Å². The molecule has 36 heavy (non-hydrogen) atoms. The molecular weight excluding hydrogens is 478 g/mol. The SMILES string of the molecule is Cc1nc(N2C[C@@H](C)N(C(=O)OC3CC4(C3)CN(Cc3ccccc3)C4)C[C@@H]2C)ncc1S(C)(=O)=O. The summed E-state index contributed by atoms with van der Waals surface area (Å²) in [6.07, 6.45) is 4.15. The van der Waals surface area contributed by atoms with Crippen molar-refractivity contribution in [3.8, 4) is 0 Å². The maximum Gasteiger partial charge on any atom is 0.410 e. The van der Waals surface area contributed by atoms with E-state index in [1.165, 1.54) is 11.8 Å². The molecule has 2 aliphatic heterocycles. The molecule has 0 radical (unpaired) electrons. The molecule has 3 fully saturated rings. The normalized spacial score (nSPS) is 24.3. The number of ether oxygens (including phenoxy) is 1. The number of anilines is 1. The summed E-state index contributed by atoms with van der Waals surface area (Å²) in [5.41, 5.74) is 2.08. The fourth-order valence-electron chi connectivity index (χ4n) is 5.92. The average molecular weight is 514 g/mol. The number of sulfone groups is 1. The summed E-state index contributed by atoms with van der Waals surface area (Å²) in [6.45, 7) is 9.86. The van der Waals surface area contributed by atoms with Crippen molar-refractivity contribution in [3.05, 3.63) is 47.8 Å². The molecule has 5 rings (SSSR count). The lowest BCUT2D eigenvalue weighted by atomic mass is 9.61. The lowest BCUT2D eigenvalue weighted by Gasteiger charge is -2.58. The second-order valence-electron chi connectivity index (χ2n) is 10.9. The zero-order valence-electron chi connectivity index (χ0n) is 21.4. The van der Waals surface area contributed by atoms with Gasteiger partial charge in [0.05, 0.1) is 11.9 Å². The molecule has 2 atom stereocenters. The summed E-state index contributed by atoms with van der Waals surface area (Å²) in [7, 11) is -3.37. The van der Waals surface area contributed by atoms with Gasteiger partial charge in [-0.25, -0.2) is 23.2 Å². The van der Waals surface area contributed by atoms with E-state index >= 15 is 0 Å². The van der Waals surface area contributed by atoms with E-state index in [2.05, 4.69) is 39.1 Å². The topological polar surface area (TPSA) is 95.9 Å². The first-order valence-electron chi connectivity index (χ1n) is 12.6. The number of hydrogen-bond acceptors (Lipinski definition) is 8. The molecule has 194 valence electrons. The third-order valence-corrected chi connectivity index (χ3v) is 8.95. The molecule has 0 bridgehead atoms. The van der Waals surface area contributed by atoms with Crippen LogP contribution in [0.2, 0.25) is 0 Å². The quantitative estimate of drug-likeness (QED) is 0.602. The van der Waals surface area contributed by atoms with Crippen LogP contribution in [0, 0.1) is 12.3 Å². The van der Waals surface area contributed by atoms with Crippen LogP contribution in [0.15, 0.2) is 41.4 Å². The number of piperazine rings is 1. The number of hydrogen-bond donors (Lipinski definition) is 0. The third-order valence-electron chi connectivity index (χ3n) is 7.75. The van der Waals surface area contributed by atoms with Crippen molar-refractivity contribution in [1.29, 1.82) is 0 Å². The number of aromatic nitrogens is 2. The minimum Gasteiger partial charge on any atom is -0.446 e. The van der Waals surface area contributed by atoms with Gasteiger partial charge in [-0.1, -0.05) is 30.3 Å². The Morgan fingerprint density at radius 2 is 1.81 bits per heavy atom. The van der Waals surface area contributed by atoms with E-state index in [1.54, 1.807) is 11.8 Å². The number of likely N-dealkylation sites (tertiary alicyclic amines) is 1. The van der Waals surface area contributed by atoms with Gasteiger partial charge in [-0.05, 0) is 39.2 Å². The standard InChI is InChI=1S/C26H35N5O4S/c1-18-14-31(19(2)13-30(18)24-27-12-23(20(3)28-24)36(4,33)34)25(32)35-22-10-26(11-22)16-29(17-26)15-21-8-6-5-7-9-21/h5-9,12,18-19,22H,10-11,13-17H2,1-4H3/t18-,19+/m0/s1. The van der Waals surface area contributed by atoms with E-state index in [1.807, 2.05) is 24.8 Å². The van der Waals surface area contributed by atoms with Crippen LogP contribution in [0.1, 0.15) is 37.9 Å². The van der Waals surface area contributed by atoms with Crippen LogP contribution in [0.25, 0.3) is 0 Å². The number of amides is 1. The van der Waals surface area contributed by atoms with Gasteiger partial charge in [0.25, 0.3) is 0 Å². The van der Waals surface area contributed by atoms with Crippen molar-refractivity contribution in [3.63, 3.8) is 0 Å². The minimum absolute atomic E-state index is 0.00793. The molecule has 1 amide bonds. The van der Waals surface area contributed by atoms with E-state index in [9.17, 15) is 13.2 Å². The molecule has 2 aromatic rings. The fraction of sp³-hybridized carbons (Fsp3) is 0.577. The molecule has 9 nitrogen and oxygen atoms in total. The summed E-state index contributed by atoms with van der Waals surface area (Å²) in [5.74, 6) is 0.484. The van der Waals surface area contributed by atoms with Crippen molar-refractivity contribution in [1.82, 2.24) is 19.8 Å². The Morgan fingerprint density at radius 3 is 2.44 bits per heavy atom.